The largest absolute Gasteiger partial charge is 0.314 e. The second kappa shape index (κ2) is 4.76. The van der Waals surface area contributed by atoms with Gasteiger partial charge in [-0.2, -0.15) is 0 Å². The number of benzene rings is 1. The lowest BCUT2D eigenvalue weighted by molar-refractivity contribution is 0.811. The summed E-state index contributed by atoms with van der Waals surface area (Å²) in [5.74, 6) is 0. The molecule has 1 heterocycles. The van der Waals surface area contributed by atoms with Gasteiger partial charge in [0.25, 0.3) is 0 Å². The Bertz CT molecular complexity index is 471. The highest BCUT2D eigenvalue weighted by atomic mass is 32.1. The summed E-state index contributed by atoms with van der Waals surface area (Å²) in [4.78, 5) is 5.94. The van der Waals surface area contributed by atoms with Crippen molar-refractivity contribution in [3.05, 3.63) is 39.7 Å². The highest BCUT2D eigenvalue weighted by Gasteiger charge is 2.08. The SMILES string of the molecule is CNCc1nc(-c2ccc(C)cc2)c(C)s1. The van der Waals surface area contributed by atoms with E-state index in [2.05, 4.69) is 48.4 Å². The van der Waals surface area contributed by atoms with Gasteiger partial charge in [-0.25, -0.2) is 4.98 Å². The van der Waals surface area contributed by atoms with Crippen LogP contribution in [0, 0.1) is 13.8 Å². The van der Waals surface area contributed by atoms with Gasteiger partial charge in [-0.05, 0) is 20.9 Å². The molecule has 0 aliphatic carbocycles. The van der Waals surface area contributed by atoms with Crippen molar-refractivity contribution in [2.24, 2.45) is 0 Å². The molecule has 2 rings (SSSR count). The molecule has 0 aliphatic rings. The first-order valence-corrected chi connectivity index (χ1v) is 6.20. The van der Waals surface area contributed by atoms with Gasteiger partial charge in [-0.3, -0.25) is 0 Å². The molecule has 3 heteroatoms. The van der Waals surface area contributed by atoms with Crippen molar-refractivity contribution in [1.82, 2.24) is 10.3 Å². The third-order valence-corrected chi connectivity index (χ3v) is 3.46. The van der Waals surface area contributed by atoms with E-state index in [9.17, 15) is 0 Å². The van der Waals surface area contributed by atoms with Crippen molar-refractivity contribution in [2.75, 3.05) is 7.05 Å². The highest BCUT2D eigenvalue weighted by molar-refractivity contribution is 7.12. The zero-order valence-electron chi connectivity index (χ0n) is 9.87. The van der Waals surface area contributed by atoms with Gasteiger partial charge in [0.05, 0.1) is 5.69 Å². The van der Waals surface area contributed by atoms with Gasteiger partial charge in [0.2, 0.25) is 0 Å². The van der Waals surface area contributed by atoms with Crippen LogP contribution >= 0.6 is 11.3 Å². The molecule has 0 unspecified atom stereocenters. The monoisotopic (exact) mass is 232 g/mol. The molecule has 1 aromatic carbocycles. The van der Waals surface area contributed by atoms with Crippen LogP contribution in [-0.4, -0.2) is 12.0 Å². The Kier molecular flexibility index (Phi) is 3.36. The van der Waals surface area contributed by atoms with E-state index < -0.39 is 0 Å². The minimum atomic E-state index is 0.845. The average Bonchev–Trinajstić information content (AvgIpc) is 2.61. The molecule has 84 valence electrons. The Labute approximate surface area is 100 Å². The number of aryl methyl sites for hydroxylation is 2. The van der Waals surface area contributed by atoms with Crippen LogP contribution in [0.3, 0.4) is 0 Å². The Balaban J connectivity index is 2.36. The fourth-order valence-electron chi connectivity index (χ4n) is 1.66. The molecule has 0 saturated carbocycles. The fraction of sp³-hybridized carbons (Fsp3) is 0.308. The van der Waals surface area contributed by atoms with Crippen LogP contribution < -0.4 is 5.32 Å². The summed E-state index contributed by atoms with van der Waals surface area (Å²) in [6.07, 6.45) is 0. The van der Waals surface area contributed by atoms with Gasteiger partial charge in [0, 0.05) is 17.0 Å². The van der Waals surface area contributed by atoms with E-state index in [4.69, 9.17) is 0 Å². The number of hydrogen-bond donors (Lipinski definition) is 1. The highest BCUT2D eigenvalue weighted by Crippen LogP contribution is 2.27. The summed E-state index contributed by atoms with van der Waals surface area (Å²) in [5.41, 5.74) is 3.61. The minimum absolute atomic E-state index is 0.845. The lowest BCUT2D eigenvalue weighted by atomic mass is 10.1. The van der Waals surface area contributed by atoms with Gasteiger partial charge in [0.1, 0.15) is 5.01 Å². The van der Waals surface area contributed by atoms with Crippen molar-refractivity contribution >= 4 is 11.3 Å². The molecule has 16 heavy (non-hydrogen) atoms. The third kappa shape index (κ3) is 2.31. The lowest BCUT2D eigenvalue weighted by Gasteiger charge is -1.99. The Morgan fingerprint density at radius 2 is 1.88 bits per heavy atom. The van der Waals surface area contributed by atoms with E-state index in [1.807, 2.05) is 7.05 Å². The van der Waals surface area contributed by atoms with E-state index >= 15 is 0 Å². The Morgan fingerprint density at radius 1 is 1.19 bits per heavy atom. The molecule has 0 saturated heterocycles. The standard InChI is InChI=1S/C13H16N2S/c1-9-4-6-11(7-5-9)13-10(2)16-12(15-13)8-14-3/h4-7,14H,8H2,1-3H3. The number of thiazole rings is 1. The molecule has 0 aliphatic heterocycles. The van der Waals surface area contributed by atoms with Gasteiger partial charge in [-0.1, -0.05) is 29.8 Å². The molecular weight excluding hydrogens is 216 g/mol. The quantitative estimate of drug-likeness (QED) is 0.879. The summed E-state index contributed by atoms with van der Waals surface area (Å²) in [5, 5.41) is 4.28. The number of nitrogens with one attached hydrogen (secondary N) is 1. The second-order valence-corrected chi connectivity index (χ2v) is 5.20. The fourth-order valence-corrected chi connectivity index (χ4v) is 2.62. The molecule has 0 atom stereocenters. The molecule has 0 radical (unpaired) electrons. The summed E-state index contributed by atoms with van der Waals surface area (Å²) in [6.45, 7) is 5.08. The number of aromatic nitrogens is 1. The normalized spacial score (nSPS) is 10.7. The Morgan fingerprint density at radius 3 is 2.50 bits per heavy atom. The van der Waals surface area contributed by atoms with Crippen LogP contribution in [0.5, 0.6) is 0 Å². The maximum Gasteiger partial charge on any atom is 0.107 e. The summed E-state index contributed by atoms with van der Waals surface area (Å²) in [6, 6.07) is 8.54. The van der Waals surface area contributed by atoms with E-state index in [1.54, 1.807) is 11.3 Å². The molecule has 1 aromatic heterocycles. The molecule has 2 nitrogen and oxygen atoms in total. The lowest BCUT2D eigenvalue weighted by Crippen LogP contribution is -2.04. The maximum atomic E-state index is 4.66. The predicted octanol–water partition coefficient (Wildman–Crippen LogP) is 3.15. The molecule has 0 fully saturated rings. The third-order valence-electron chi connectivity index (χ3n) is 2.49. The van der Waals surface area contributed by atoms with Crippen molar-refractivity contribution in [3.8, 4) is 11.3 Å². The van der Waals surface area contributed by atoms with Crippen LogP contribution in [0.1, 0.15) is 15.4 Å². The van der Waals surface area contributed by atoms with Gasteiger partial charge in [-0.15, -0.1) is 11.3 Å². The topological polar surface area (TPSA) is 24.9 Å². The predicted molar refractivity (Wildman–Crippen MR) is 69.8 cm³/mol. The molecule has 0 amide bonds. The number of hydrogen-bond acceptors (Lipinski definition) is 3. The first-order chi connectivity index (χ1) is 7.70. The molecular formula is C13H16N2S. The number of nitrogens with zero attached hydrogens (tertiary/aromatic N) is 1. The molecule has 2 aromatic rings. The van der Waals surface area contributed by atoms with E-state index in [-0.39, 0.29) is 0 Å². The summed E-state index contributed by atoms with van der Waals surface area (Å²) < 4.78 is 0. The Hall–Kier alpha value is -1.19. The van der Waals surface area contributed by atoms with E-state index in [0.717, 1.165) is 17.2 Å². The van der Waals surface area contributed by atoms with Crippen molar-refractivity contribution in [3.63, 3.8) is 0 Å². The van der Waals surface area contributed by atoms with Crippen LogP contribution in [0.2, 0.25) is 0 Å². The van der Waals surface area contributed by atoms with Gasteiger partial charge >= 0.3 is 0 Å². The van der Waals surface area contributed by atoms with Crippen LogP contribution in [-0.2, 0) is 6.54 Å². The van der Waals surface area contributed by atoms with Gasteiger partial charge in [0.15, 0.2) is 0 Å². The summed E-state index contributed by atoms with van der Waals surface area (Å²) >= 11 is 1.76. The van der Waals surface area contributed by atoms with Crippen LogP contribution in [0.4, 0.5) is 0 Å². The average molecular weight is 232 g/mol. The van der Waals surface area contributed by atoms with E-state index in [1.165, 1.54) is 16.0 Å². The van der Waals surface area contributed by atoms with Crippen molar-refractivity contribution in [2.45, 2.75) is 20.4 Å². The van der Waals surface area contributed by atoms with Crippen LogP contribution in [0.15, 0.2) is 24.3 Å². The smallest absolute Gasteiger partial charge is 0.107 e. The van der Waals surface area contributed by atoms with Gasteiger partial charge < -0.3 is 5.32 Å². The zero-order chi connectivity index (χ0) is 11.5. The first-order valence-electron chi connectivity index (χ1n) is 5.38. The molecule has 1 N–H and O–H groups in total. The van der Waals surface area contributed by atoms with E-state index in [0.29, 0.717) is 0 Å². The minimum Gasteiger partial charge on any atom is -0.314 e. The zero-order valence-corrected chi connectivity index (χ0v) is 10.7. The first kappa shape index (κ1) is 11.3. The molecule has 0 bridgehead atoms. The summed E-state index contributed by atoms with van der Waals surface area (Å²) in [7, 11) is 1.95. The van der Waals surface area contributed by atoms with Crippen molar-refractivity contribution in [1.29, 1.82) is 0 Å². The maximum absolute atomic E-state index is 4.66. The van der Waals surface area contributed by atoms with Crippen molar-refractivity contribution < 1.29 is 0 Å². The second-order valence-electron chi connectivity index (χ2n) is 3.91. The molecule has 0 spiro atoms. The number of rotatable bonds is 3. The van der Waals surface area contributed by atoms with Crippen LogP contribution in [0.25, 0.3) is 11.3 Å².